The molecule has 4 fully saturated rings. The molecule has 2 bridgehead atoms. The van der Waals surface area contributed by atoms with Gasteiger partial charge in [-0.25, -0.2) is 4.98 Å². The van der Waals surface area contributed by atoms with Crippen LogP contribution in [0.3, 0.4) is 0 Å². The standard InChI is InChI=1S/C26H31N3O/c1-20-10-16-29(18-20)25-8-7-22(24(27-25)17-21-5-3-2-4-6-21)9-13-26(30)19-28-14-11-23(26)12-15-28/h2-8,20,23,30H,10-12,14-19H2,1H3/t20-,26-/m1/s1. The number of aliphatic hydroxyl groups is 1. The first kappa shape index (κ1) is 19.6. The third-order valence-corrected chi connectivity index (χ3v) is 7.06. The van der Waals surface area contributed by atoms with Crippen molar-refractivity contribution < 1.29 is 5.11 Å². The first-order chi connectivity index (χ1) is 14.6. The van der Waals surface area contributed by atoms with Crippen molar-refractivity contribution in [2.75, 3.05) is 37.6 Å². The quantitative estimate of drug-likeness (QED) is 0.801. The molecule has 1 N–H and O–H groups in total. The van der Waals surface area contributed by atoms with E-state index in [1.807, 2.05) is 6.07 Å². The molecule has 0 unspecified atom stereocenters. The average Bonchev–Trinajstić information content (AvgIpc) is 3.20. The maximum atomic E-state index is 11.2. The molecule has 0 spiro atoms. The molecule has 4 nitrogen and oxygen atoms in total. The second-order valence-corrected chi connectivity index (χ2v) is 9.39. The summed E-state index contributed by atoms with van der Waals surface area (Å²) in [6.45, 7) is 7.31. The summed E-state index contributed by atoms with van der Waals surface area (Å²) < 4.78 is 0. The van der Waals surface area contributed by atoms with E-state index in [1.54, 1.807) is 0 Å². The number of benzene rings is 1. The van der Waals surface area contributed by atoms with Gasteiger partial charge in [0, 0.05) is 37.5 Å². The number of anilines is 1. The molecule has 0 aliphatic carbocycles. The Bertz CT molecular complexity index is 955. The third kappa shape index (κ3) is 3.97. The second-order valence-electron chi connectivity index (χ2n) is 9.39. The molecule has 4 aliphatic heterocycles. The van der Waals surface area contributed by atoms with Crippen molar-refractivity contribution in [3.05, 3.63) is 59.3 Å². The highest BCUT2D eigenvalue weighted by Crippen LogP contribution is 2.35. The van der Waals surface area contributed by atoms with Gasteiger partial charge in [-0.2, -0.15) is 0 Å². The van der Waals surface area contributed by atoms with Crippen molar-refractivity contribution in [1.29, 1.82) is 0 Å². The summed E-state index contributed by atoms with van der Waals surface area (Å²) in [5.41, 5.74) is 2.31. The normalized spacial score (nSPS) is 30.2. The molecule has 4 heteroatoms. The highest BCUT2D eigenvalue weighted by atomic mass is 16.3. The minimum atomic E-state index is -0.885. The van der Waals surface area contributed by atoms with E-state index in [-0.39, 0.29) is 0 Å². The van der Waals surface area contributed by atoms with Gasteiger partial charge >= 0.3 is 0 Å². The van der Waals surface area contributed by atoms with Crippen molar-refractivity contribution in [1.82, 2.24) is 9.88 Å². The van der Waals surface area contributed by atoms with Crippen LogP contribution < -0.4 is 4.90 Å². The van der Waals surface area contributed by atoms with E-state index in [0.29, 0.717) is 12.5 Å². The number of hydrogen-bond acceptors (Lipinski definition) is 4. The first-order valence-electron chi connectivity index (χ1n) is 11.4. The number of rotatable bonds is 3. The van der Waals surface area contributed by atoms with E-state index in [0.717, 1.165) is 68.4 Å². The van der Waals surface area contributed by atoms with Gasteiger partial charge in [0.2, 0.25) is 0 Å². The monoisotopic (exact) mass is 401 g/mol. The lowest BCUT2D eigenvalue weighted by Gasteiger charge is -2.47. The van der Waals surface area contributed by atoms with Crippen LogP contribution in [0, 0.1) is 23.7 Å². The summed E-state index contributed by atoms with van der Waals surface area (Å²) in [6, 6.07) is 14.7. The molecular weight excluding hydrogens is 370 g/mol. The number of hydrogen-bond donors (Lipinski definition) is 1. The lowest BCUT2D eigenvalue weighted by molar-refractivity contribution is -0.0713. The van der Waals surface area contributed by atoms with Crippen LogP contribution in [0.2, 0.25) is 0 Å². The van der Waals surface area contributed by atoms with E-state index in [2.05, 4.69) is 65.0 Å². The zero-order valence-electron chi connectivity index (χ0n) is 17.8. The molecule has 0 radical (unpaired) electrons. The molecule has 6 rings (SSSR count). The van der Waals surface area contributed by atoms with E-state index in [4.69, 9.17) is 4.98 Å². The molecule has 1 aromatic carbocycles. The summed E-state index contributed by atoms with van der Waals surface area (Å²) in [7, 11) is 0. The highest BCUT2D eigenvalue weighted by Gasteiger charge is 2.44. The lowest BCUT2D eigenvalue weighted by Crippen LogP contribution is -2.58. The van der Waals surface area contributed by atoms with Gasteiger partial charge in [0.1, 0.15) is 11.4 Å². The number of pyridine rings is 1. The van der Waals surface area contributed by atoms with E-state index >= 15 is 0 Å². The van der Waals surface area contributed by atoms with E-state index < -0.39 is 5.60 Å². The number of piperidine rings is 3. The zero-order chi connectivity index (χ0) is 20.6. The summed E-state index contributed by atoms with van der Waals surface area (Å²) in [5, 5.41) is 11.2. The van der Waals surface area contributed by atoms with Gasteiger partial charge < -0.3 is 10.0 Å². The predicted molar refractivity (Wildman–Crippen MR) is 120 cm³/mol. The zero-order valence-corrected chi connectivity index (χ0v) is 17.8. The second kappa shape index (κ2) is 8.06. The SMILES string of the molecule is C[C@@H]1CCN(c2ccc(C#C[C@@]3(O)CN4CCC3CC4)c(Cc3ccccc3)n2)C1. The van der Waals surface area contributed by atoms with Gasteiger partial charge in [-0.1, -0.05) is 49.1 Å². The van der Waals surface area contributed by atoms with Crippen molar-refractivity contribution in [3.63, 3.8) is 0 Å². The summed E-state index contributed by atoms with van der Waals surface area (Å²) >= 11 is 0. The Kier molecular flexibility index (Phi) is 5.26. The van der Waals surface area contributed by atoms with Crippen LogP contribution in [0.5, 0.6) is 0 Å². The molecule has 0 saturated carbocycles. The molecular formula is C26H31N3O. The van der Waals surface area contributed by atoms with Gasteiger partial charge in [0.05, 0.1) is 5.69 Å². The minimum absolute atomic E-state index is 0.297. The van der Waals surface area contributed by atoms with Crippen LogP contribution in [0.4, 0.5) is 5.82 Å². The Labute approximate surface area is 179 Å². The Balaban J connectivity index is 1.46. The fourth-order valence-electron chi connectivity index (χ4n) is 5.20. The molecule has 156 valence electrons. The molecule has 5 heterocycles. The van der Waals surface area contributed by atoms with Crippen LogP contribution in [-0.4, -0.2) is 53.3 Å². The molecule has 4 aliphatic rings. The Hall–Kier alpha value is -2.35. The topological polar surface area (TPSA) is 39.6 Å². The van der Waals surface area contributed by atoms with Gasteiger partial charge in [-0.05, 0) is 56.0 Å². The maximum absolute atomic E-state index is 11.2. The fourth-order valence-corrected chi connectivity index (χ4v) is 5.20. The van der Waals surface area contributed by atoms with E-state index in [9.17, 15) is 5.11 Å². The van der Waals surface area contributed by atoms with Gasteiger partial charge in [-0.3, -0.25) is 4.90 Å². The number of fused-ring (bicyclic) bond motifs is 3. The molecule has 0 amide bonds. The average molecular weight is 402 g/mol. The summed E-state index contributed by atoms with van der Waals surface area (Å²) in [6.07, 6.45) is 4.08. The van der Waals surface area contributed by atoms with Crippen molar-refractivity contribution in [3.8, 4) is 11.8 Å². The van der Waals surface area contributed by atoms with Gasteiger partial charge in [0.25, 0.3) is 0 Å². The third-order valence-electron chi connectivity index (χ3n) is 7.06. The predicted octanol–water partition coefficient (Wildman–Crippen LogP) is 3.33. The van der Waals surface area contributed by atoms with Crippen LogP contribution in [0.25, 0.3) is 0 Å². The van der Waals surface area contributed by atoms with Crippen molar-refractivity contribution in [2.45, 2.75) is 38.2 Å². The number of aromatic nitrogens is 1. The molecule has 4 saturated heterocycles. The van der Waals surface area contributed by atoms with Crippen molar-refractivity contribution in [2.24, 2.45) is 11.8 Å². The Morgan fingerprint density at radius 3 is 2.53 bits per heavy atom. The van der Waals surface area contributed by atoms with Gasteiger partial charge in [-0.15, -0.1) is 0 Å². The van der Waals surface area contributed by atoms with E-state index in [1.165, 1.54) is 12.0 Å². The fraction of sp³-hybridized carbons (Fsp3) is 0.500. The van der Waals surface area contributed by atoms with Crippen LogP contribution in [0.15, 0.2) is 42.5 Å². The molecule has 1 aromatic heterocycles. The molecule has 2 aromatic rings. The van der Waals surface area contributed by atoms with Gasteiger partial charge in [0.15, 0.2) is 0 Å². The Morgan fingerprint density at radius 2 is 1.87 bits per heavy atom. The highest BCUT2D eigenvalue weighted by molar-refractivity contribution is 5.49. The lowest BCUT2D eigenvalue weighted by atomic mass is 9.75. The smallest absolute Gasteiger partial charge is 0.141 e. The number of nitrogens with zero attached hydrogens (tertiary/aromatic N) is 3. The minimum Gasteiger partial charge on any atom is -0.376 e. The van der Waals surface area contributed by atoms with Crippen LogP contribution >= 0.6 is 0 Å². The molecule has 2 atom stereocenters. The Morgan fingerprint density at radius 1 is 1.07 bits per heavy atom. The van der Waals surface area contributed by atoms with Crippen LogP contribution in [-0.2, 0) is 6.42 Å². The molecule has 30 heavy (non-hydrogen) atoms. The van der Waals surface area contributed by atoms with Crippen molar-refractivity contribution >= 4 is 5.82 Å². The maximum Gasteiger partial charge on any atom is 0.141 e. The largest absolute Gasteiger partial charge is 0.376 e. The summed E-state index contributed by atoms with van der Waals surface area (Å²) in [5.74, 6) is 8.69. The summed E-state index contributed by atoms with van der Waals surface area (Å²) in [4.78, 5) is 9.78. The first-order valence-corrected chi connectivity index (χ1v) is 11.4. The van der Waals surface area contributed by atoms with Crippen LogP contribution in [0.1, 0.15) is 43.0 Å².